The number of nitrogens with one attached hydrogen (secondary N) is 1. The number of carbonyl (C=O) groups is 1. The first kappa shape index (κ1) is 17.8. The average molecular weight is 338 g/mol. The lowest BCUT2D eigenvalue weighted by Gasteiger charge is -2.24. The van der Waals surface area contributed by atoms with Crippen LogP contribution in [0.2, 0.25) is 0 Å². The van der Waals surface area contributed by atoms with Crippen molar-refractivity contribution >= 4 is 21.6 Å². The van der Waals surface area contributed by atoms with Crippen molar-refractivity contribution in [2.45, 2.75) is 39.0 Å². The summed E-state index contributed by atoms with van der Waals surface area (Å²) >= 11 is 0. The standard InChI is InChI=1S/C17H26N2O3S/c1-14-7-6-10-16(11-14)19(23(2,21)22)13-17(20)18-12-15-8-4-3-5-9-15/h6-7,10-11,15H,3-5,8-9,12-13H2,1-2H3,(H,18,20). The fourth-order valence-electron chi connectivity index (χ4n) is 3.02. The van der Waals surface area contributed by atoms with Gasteiger partial charge in [-0.2, -0.15) is 0 Å². The molecule has 2 rings (SSSR count). The molecule has 1 aliphatic carbocycles. The topological polar surface area (TPSA) is 66.5 Å². The Morgan fingerprint density at radius 3 is 2.57 bits per heavy atom. The molecule has 23 heavy (non-hydrogen) atoms. The molecule has 0 atom stereocenters. The number of anilines is 1. The number of carbonyl (C=O) groups excluding carboxylic acids is 1. The maximum Gasteiger partial charge on any atom is 0.240 e. The zero-order valence-electron chi connectivity index (χ0n) is 13.9. The molecule has 0 saturated heterocycles. The molecule has 0 spiro atoms. The summed E-state index contributed by atoms with van der Waals surface area (Å²) in [4.78, 5) is 12.2. The van der Waals surface area contributed by atoms with Crippen molar-refractivity contribution in [2.24, 2.45) is 5.92 Å². The van der Waals surface area contributed by atoms with Gasteiger partial charge in [-0.15, -0.1) is 0 Å². The number of hydrogen-bond donors (Lipinski definition) is 1. The fraction of sp³-hybridized carbons (Fsp3) is 0.588. The zero-order valence-corrected chi connectivity index (χ0v) is 14.7. The van der Waals surface area contributed by atoms with Crippen LogP contribution in [0.1, 0.15) is 37.7 Å². The second kappa shape index (κ2) is 7.81. The summed E-state index contributed by atoms with van der Waals surface area (Å²) in [6, 6.07) is 7.17. The van der Waals surface area contributed by atoms with Crippen LogP contribution in [0.4, 0.5) is 5.69 Å². The third kappa shape index (κ3) is 5.53. The van der Waals surface area contributed by atoms with E-state index in [1.807, 2.05) is 13.0 Å². The van der Waals surface area contributed by atoms with Gasteiger partial charge in [-0.25, -0.2) is 8.42 Å². The van der Waals surface area contributed by atoms with E-state index in [-0.39, 0.29) is 12.5 Å². The Morgan fingerprint density at radius 2 is 1.96 bits per heavy atom. The van der Waals surface area contributed by atoms with Gasteiger partial charge in [0.05, 0.1) is 11.9 Å². The average Bonchev–Trinajstić information content (AvgIpc) is 2.50. The van der Waals surface area contributed by atoms with E-state index in [0.29, 0.717) is 18.2 Å². The minimum absolute atomic E-state index is 0.172. The monoisotopic (exact) mass is 338 g/mol. The number of nitrogens with zero attached hydrogens (tertiary/aromatic N) is 1. The zero-order chi connectivity index (χ0) is 16.9. The van der Waals surface area contributed by atoms with Gasteiger partial charge in [-0.1, -0.05) is 31.4 Å². The molecular formula is C17H26N2O3S. The summed E-state index contributed by atoms with van der Waals surface area (Å²) in [7, 11) is -3.50. The van der Waals surface area contributed by atoms with Crippen LogP contribution in [0.25, 0.3) is 0 Å². The van der Waals surface area contributed by atoms with Crippen molar-refractivity contribution in [1.82, 2.24) is 5.32 Å². The van der Waals surface area contributed by atoms with Crippen LogP contribution in [0.3, 0.4) is 0 Å². The molecule has 0 radical (unpaired) electrons. The molecule has 0 unspecified atom stereocenters. The highest BCUT2D eigenvalue weighted by atomic mass is 32.2. The molecule has 1 aromatic rings. The molecule has 1 saturated carbocycles. The van der Waals surface area contributed by atoms with Gasteiger partial charge in [-0.05, 0) is 43.4 Å². The molecule has 0 aromatic heterocycles. The Hall–Kier alpha value is -1.56. The van der Waals surface area contributed by atoms with Crippen LogP contribution in [0.5, 0.6) is 0 Å². The number of rotatable bonds is 6. The number of benzene rings is 1. The Bertz CT molecular complexity index is 637. The van der Waals surface area contributed by atoms with Crippen molar-refractivity contribution in [3.8, 4) is 0 Å². The summed E-state index contributed by atoms with van der Waals surface area (Å²) in [5, 5.41) is 2.89. The SMILES string of the molecule is Cc1cccc(N(CC(=O)NCC2CCCCC2)S(C)(=O)=O)c1. The van der Waals surface area contributed by atoms with Crippen LogP contribution >= 0.6 is 0 Å². The summed E-state index contributed by atoms with van der Waals surface area (Å²) < 4.78 is 25.2. The quantitative estimate of drug-likeness (QED) is 0.866. The maximum atomic E-state index is 12.2. The highest BCUT2D eigenvalue weighted by Crippen LogP contribution is 2.23. The molecule has 1 amide bonds. The smallest absolute Gasteiger partial charge is 0.240 e. The molecule has 1 fully saturated rings. The van der Waals surface area contributed by atoms with Crippen molar-refractivity contribution in [3.63, 3.8) is 0 Å². The van der Waals surface area contributed by atoms with Gasteiger partial charge in [0.15, 0.2) is 0 Å². The highest BCUT2D eigenvalue weighted by Gasteiger charge is 2.21. The minimum atomic E-state index is -3.50. The first-order valence-corrected chi connectivity index (χ1v) is 10.0. The first-order valence-electron chi connectivity index (χ1n) is 8.17. The van der Waals surface area contributed by atoms with Gasteiger partial charge in [0.2, 0.25) is 15.9 Å². The largest absolute Gasteiger partial charge is 0.354 e. The molecule has 1 aromatic carbocycles. The fourth-order valence-corrected chi connectivity index (χ4v) is 3.87. The highest BCUT2D eigenvalue weighted by molar-refractivity contribution is 7.92. The minimum Gasteiger partial charge on any atom is -0.354 e. The van der Waals surface area contributed by atoms with Gasteiger partial charge in [0, 0.05) is 6.54 Å². The van der Waals surface area contributed by atoms with Gasteiger partial charge in [0.1, 0.15) is 6.54 Å². The van der Waals surface area contributed by atoms with Gasteiger partial charge < -0.3 is 5.32 Å². The molecule has 0 aliphatic heterocycles. The molecule has 0 heterocycles. The molecule has 1 N–H and O–H groups in total. The van der Waals surface area contributed by atoms with Crippen LogP contribution in [0.15, 0.2) is 24.3 Å². The van der Waals surface area contributed by atoms with E-state index < -0.39 is 10.0 Å². The Balaban J connectivity index is 1.99. The van der Waals surface area contributed by atoms with E-state index >= 15 is 0 Å². The van der Waals surface area contributed by atoms with Crippen molar-refractivity contribution in [1.29, 1.82) is 0 Å². The van der Waals surface area contributed by atoms with E-state index in [2.05, 4.69) is 5.32 Å². The number of hydrogen-bond acceptors (Lipinski definition) is 3. The van der Waals surface area contributed by atoms with Gasteiger partial charge in [-0.3, -0.25) is 9.10 Å². The van der Waals surface area contributed by atoms with E-state index in [1.54, 1.807) is 18.2 Å². The number of sulfonamides is 1. The van der Waals surface area contributed by atoms with Crippen LogP contribution in [-0.4, -0.2) is 33.7 Å². The van der Waals surface area contributed by atoms with Crippen molar-refractivity contribution < 1.29 is 13.2 Å². The second-order valence-electron chi connectivity index (χ2n) is 6.42. The number of aryl methyl sites for hydroxylation is 1. The van der Waals surface area contributed by atoms with Crippen molar-refractivity contribution in [2.75, 3.05) is 23.7 Å². The molecule has 0 bridgehead atoms. The summed E-state index contributed by atoms with van der Waals surface area (Å²) in [5.41, 5.74) is 1.49. The lowest BCUT2D eigenvalue weighted by atomic mass is 9.89. The number of amides is 1. The molecule has 6 heteroatoms. The second-order valence-corrected chi connectivity index (χ2v) is 8.32. The molecule has 128 valence electrons. The third-order valence-electron chi connectivity index (χ3n) is 4.29. The van der Waals surface area contributed by atoms with E-state index in [0.717, 1.165) is 29.0 Å². The normalized spacial score (nSPS) is 16.1. The van der Waals surface area contributed by atoms with E-state index in [9.17, 15) is 13.2 Å². The maximum absolute atomic E-state index is 12.2. The third-order valence-corrected chi connectivity index (χ3v) is 5.43. The summed E-state index contributed by atoms with van der Waals surface area (Å²) in [5.74, 6) is 0.279. The molecular weight excluding hydrogens is 312 g/mol. The van der Waals surface area contributed by atoms with E-state index in [4.69, 9.17) is 0 Å². The lowest BCUT2D eigenvalue weighted by molar-refractivity contribution is -0.119. The van der Waals surface area contributed by atoms with Gasteiger partial charge in [0.25, 0.3) is 0 Å². The van der Waals surface area contributed by atoms with Crippen molar-refractivity contribution in [3.05, 3.63) is 29.8 Å². The summed E-state index contributed by atoms with van der Waals surface area (Å²) in [6.07, 6.45) is 7.14. The first-order chi connectivity index (χ1) is 10.9. The predicted octanol–water partition coefficient (Wildman–Crippen LogP) is 2.46. The van der Waals surface area contributed by atoms with Crippen LogP contribution in [0, 0.1) is 12.8 Å². The Labute approximate surface area is 139 Å². The van der Waals surface area contributed by atoms with Crippen LogP contribution < -0.4 is 9.62 Å². The summed E-state index contributed by atoms with van der Waals surface area (Å²) in [6.45, 7) is 2.37. The Kier molecular flexibility index (Phi) is 6.04. The van der Waals surface area contributed by atoms with Crippen LogP contribution in [-0.2, 0) is 14.8 Å². The van der Waals surface area contributed by atoms with E-state index in [1.165, 1.54) is 19.3 Å². The molecule has 1 aliphatic rings. The lowest BCUT2D eigenvalue weighted by Crippen LogP contribution is -2.41. The predicted molar refractivity (Wildman–Crippen MR) is 93.0 cm³/mol. The Morgan fingerprint density at radius 1 is 1.26 bits per heavy atom. The molecule has 5 nitrogen and oxygen atoms in total. The van der Waals surface area contributed by atoms with Gasteiger partial charge >= 0.3 is 0 Å².